The van der Waals surface area contributed by atoms with Crippen LogP contribution in [-0.4, -0.2) is 35.5 Å². The molecule has 150 valence electrons. The molecule has 0 radical (unpaired) electrons. The maximum Gasteiger partial charge on any atom is 0.145 e. The van der Waals surface area contributed by atoms with Gasteiger partial charge in [-0.15, -0.1) is 0 Å². The van der Waals surface area contributed by atoms with Crippen molar-refractivity contribution in [2.45, 2.75) is 31.2 Å². The van der Waals surface area contributed by atoms with E-state index in [4.69, 9.17) is 10.7 Å². The number of rotatable bonds is 6. The fraction of sp³-hybridized carbons (Fsp3) is 0.333. The average Bonchev–Trinajstić information content (AvgIpc) is 2.72. The smallest absolute Gasteiger partial charge is 0.145 e. The van der Waals surface area contributed by atoms with E-state index in [1.165, 1.54) is 22.3 Å². The van der Waals surface area contributed by atoms with E-state index in [1.807, 2.05) is 6.20 Å². The van der Waals surface area contributed by atoms with Crippen LogP contribution in [0.15, 0.2) is 59.2 Å². The van der Waals surface area contributed by atoms with Gasteiger partial charge in [0, 0.05) is 22.2 Å². The molecule has 1 aromatic heterocycles. The molecule has 4 rings (SSSR count). The van der Waals surface area contributed by atoms with Crippen molar-refractivity contribution in [2.24, 2.45) is 5.73 Å². The lowest BCUT2D eigenvalue weighted by molar-refractivity contribution is 0.383. The van der Waals surface area contributed by atoms with Crippen molar-refractivity contribution in [3.8, 4) is 11.3 Å². The van der Waals surface area contributed by atoms with Crippen molar-refractivity contribution in [3.05, 3.63) is 81.7 Å². The number of nitrogens with two attached hydrogens (primary N) is 1. The van der Waals surface area contributed by atoms with Crippen molar-refractivity contribution >= 4 is 15.9 Å². The third-order valence-electron chi connectivity index (χ3n) is 5.60. The Balaban J connectivity index is 1.67. The predicted molar refractivity (Wildman–Crippen MR) is 122 cm³/mol. The molecule has 2 aromatic carbocycles. The number of aromatic nitrogens is 2. The molecule has 4 nitrogen and oxygen atoms in total. The van der Waals surface area contributed by atoms with E-state index >= 15 is 0 Å². The lowest BCUT2D eigenvalue weighted by Gasteiger charge is -2.28. The summed E-state index contributed by atoms with van der Waals surface area (Å²) in [5.41, 5.74) is 12.5. The minimum atomic E-state index is -0.129. The van der Waals surface area contributed by atoms with Crippen molar-refractivity contribution in [3.63, 3.8) is 0 Å². The molecule has 2 N–H and O–H groups in total. The molecule has 3 aromatic rings. The van der Waals surface area contributed by atoms with Crippen molar-refractivity contribution in [2.75, 3.05) is 20.6 Å². The molecule has 0 amide bonds. The Morgan fingerprint density at radius 1 is 1.17 bits per heavy atom. The molecule has 0 saturated carbocycles. The SMILES string of the molecule is CN(C)CCCC(N)c1ncc2c(n1)-c1ccccc1C(c1cccc(Br)c1)C2. The number of halogens is 1. The Morgan fingerprint density at radius 3 is 2.79 bits per heavy atom. The molecule has 0 bridgehead atoms. The van der Waals surface area contributed by atoms with E-state index in [9.17, 15) is 0 Å². The quantitative estimate of drug-likeness (QED) is 0.577. The molecule has 29 heavy (non-hydrogen) atoms. The highest BCUT2D eigenvalue weighted by Gasteiger charge is 2.28. The predicted octanol–water partition coefficient (Wildman–Crippen LogP) is 4.94. The zero-order chi connectivity index (χ0) is 20.4. The topological polar surface area (TPSA) is 55.0 Å². The molecule has 0 aliphatic heterocycles. The molecule has 0 spiro atoms. The summed E-state index contributed by atoms with van der Waals surface area (Å²) in [4.78, 5) is 11.8. The molecule has 1 heterocycles. The van der Waals surface area contributed by atoms with Crippen LogP contribution in [0.25, 0.3) is 11.3 Å². The van der Waals surface area contributed by atoms with Gasteiger partial charge in [-0.1, -0.05) is 52.3 Å². The summed E-state index contributed by atoms with van der Waals surface area (Å²) in [7, 11) is 4.17. The van der Waals surface area contributed by atoms with E-state index in [-0.39, 0.29) is 6.04 Å². The fourth-order valence-electron chi connectivity index (χ4n) is 4.11. The minimum Gasteiger partial charge on any atom is -0.321 e. The summed E-state index contributed by atoms with van der Waals surface area (Å²) < 4.78 is 1.11. The second-order valence-electron chi connectivity index (χ2n) is 8.05. The van der Waals surface area contributed by atoms with Crippen molar-refractivity contribution < 1.29 is 0 Å². The van der Waals surface area contributed by atoms with Gasteiger partial charge in [-0.05, 0) is 68.7 Å². The molecular weight excluding hydrogens is 424 g/mol. The number of nitrogens with zero attached hydrogens (tertiary/aromatic N) is 3. The summed E-state index contributed by atoms with van der Waals surface area (Å²) in [5.74, 6) is 1.05. The van der Waals surface area contributed by atoms with E-state index in [1.54, 1.807) is 0 Å². The van der Waals surface area contributed by atoms with Gasteiger partial charge < -0.3 is 10.6 Å². The molecular formula is C24H27BrN4. The molecule has 2 atom stereocenters. The number of hydrogen-bond acceptors (Lipinski definition) is 4. The zero-order valence-electron chi connectivity index (χ0n) is 17.0. The summed E-state index contributed by atoms with van der Waals surface area (Å²) in [6.07, 6.45) is 4.82. The van der Waals surface area contributed by atoms with Gasteiger partial charge in [-0.25, -0.2) is 9.97 Å². The normalized spacial score (nSPS) is 16.4. The van der Waals surface area contributed by atoms with Crippen LogP contribution in [0.4, 0.5) is 0 Å². The van der Waals surface area contributed by atoms with Crippen LogP contribution in [0.1, 0.15) is 47.3 Å². The maximum absolute atomic E-state index is 6.42. The first kappa shape index (κ1) is 20.2. The minimum absolute atomic E-state index is 0.129. The summed E-state index contributed by atoms with van der Waals surface area (Å²) >= 11 is 3.61. The second-order valence-corrected chi connectivity index (χ2v) is 8.97. The van der Waals surface area contributed by atoms with Crippen LogP contribution in [0.2, 0.25) is 0 Å². The van der Waals surface area contributed by atoms with Crippen LogP contribution >= 0.6 is 15.9 Å². The van der Waals surface area contributed by atoms with E-state index in [0.717, 1.165) is 41.8 Å². The summed E-state index contributed by atoms with van der Waals surface area (Å²) in [6, 6.07) is 17.1. The highest BCUT2D eigenvalue weighted by atomic mass is 79.9. The van der Waals surface area contributed by atoms with E-state index < -0.39 is 0 Å². The van der Waals surface area contributed by atoms with Gasteiger partial charge in [0.1, 0.15) is 5.82 Å². The average molecular weight is 451 g/mol. The third kappa shape index (κ3) is 4.42. The fourth-order valence-corrected chi connectivity index (χ4v) is 4.52. The standard InChI is InChI=1S/C24H27BrN4/c1-29(2)12-6-11-22(26)24-27-15-17-14-21(16-7-5-8-18(25)13-16)19-9-3-4-10-20(19)23(17)28-24/h3-5,7-10,13,15,21-22H,6,11-12,14,26H2,1-2H3. The first-order valence-corrected chi connectivity index (χ1v) is 10.9. The highest BCUT2D eigenvalue weighted by molar-refractivity contribution is 9.10. The van der Waals surface area contributed by atoms with Crippen LogP contribution in [0.5, 0.6) is 0 Å². The number of hydrogen-bond donors (Lipinski definition) is 1. The van der Waals surface area contributed by atoms with E-state index in [0.29, 0.717) is 5.92 Å². The van der Waals surface area contributed by atoms with Crippen LogP contribution in [0.3, 0.4) is 0 Å². The number of benzene rings is 2. The van der Waals surface area contributed by atoms with Gasteiger partial charge in [-0.2, -0.15) is 0 Å². The molecule has 1 aliphatic carbocycles. The Morgan fingerprint density at radius 2 is 2.00 bits per heavy atom. The lowest BCUT2D eigenvalue weighted by atomic mass is 9.78. The Kier molecular flexibility index (Phi) is 6.09. The molecule has 2 unspecified atom stereocenters. The Bertz CT molecular complexity index is 1000. The zero-order valence-corrected chi connectivity index (χ0v) is 18.6. The monoisotopic (exact) mass is 450 g/mol. The Labute approximate surface area is 181 Å². The van der Waals surface area contributed by atoms with Crippen LogP contribution < -0.4 is 5.73 Å². The first-order chi connectivity index (χ1) is 14.0. The van der Waals surface area contributed by atoms with Gasteiger partial charge >= 0.3 is 0 Å². The summed E-state index contributed by atoms with van der Waals surface area (Å²) in [6.45, 7) is 1.02. The second kappa shape index (κ2) is 8.74. The molecule has 1 aliphatic rings. The maximum atomic E-state index is 6.42. The molecule has 0 fully saturated rings. The van der Waals surface area contributed by atoms with Crippen LogP contribution in [-0.2, 0) is 6.42 Å². The van der Waals surface area contributed by atoms with Crippen LogP contribution in [0, 0.1) is 0 Å². The largest absolute Gasteiger partial charge is 0.321 e. The third-order valence-corrected chi connectivity index (χ3v) is 6.09. The lowest BCUT2D eigenvalue weighted by Crippen LogP contribution is -2.20. The van der Waals surface area contributed by atoms with Crippen molar-refractivity contribution in [1.29, 1.82) is 0 Å². The first-order valence-electron chi connectivity index (χ1n) is 10.1. The summed E-state index contributed by atoms with van der Waals surface area (Å²) in [5, 5.41) is 0. The van der Waals surface area contributed by atoms with Gasteiger partial charge in [0.15, 0.2) is 0 Å². The van der Waals surface area contributed by atoms with Gasteiger partial charge in [0.05, 0.1) is 11.7 Å². The van der Waals surface area contributed by atoms with E-state index in [2.05, 4.69) is 88.4 Å². The van der Waals surface area contributed by atoms with Gasteiger partial charge in [0.25, 0.3) is 0 Å². The van der Waals surface area contributed by atoms with Gasteiger partial charge in [-0.3, -0.25) is 0 Å². The Hall–Kier alpha value is -2.08. The molecule has 0 saturated heterocycles. The van der Waals surface area contributed by atoms with Gasteiger partial charge in [0.2, 0.25) is 0 Å². The van der Waals surface area contributed by atoms with Crippen molar-refractivity contribution in [1.82, 2.24) is 14.9 Å². The highest BCUT2D eigenvalue weighted by Crippen LogP contribution is 2.42. The number of fused-ring (bicyclic) bond motifs is 3. The molecule has 5 heteroatoms.